The van der Waals surface area contributed by atoms with E-state index in [-0.39, 0.29) is 18.4 Å². The van der Waals surface area contributed by atoms with Gasteiger partial charge in [-0.1, -0.05) is 6.92 Å². The molecule has 0 radical (unpaired) electrons. The van der Waals surface area contributed by atoms with Gasteiger partial charge in [0.25, 0.3) is 0 Å². The van der Waals surface area contributed by atoms with Gasteiger partial charge in [-0.2, -0.15) is 0 Å². The molecular formula is C16H26ClN3O2S. The lowest BCUT2D eigenvalue weighted by Crippen LogP contribution is -2.37. The molecule has 2 saturated heterocycles. The highest BCUT2D eigenvalue weighted by molar-refractivity contribution is 7.11. The molecule has 0 amide bonds. The SMILES string of the molecule is COC(=O)c1nc(C2CCCN2CC2(C)CCNC2)sc1C.Cl. The smallest absolute Gasteiger partial charge is 0.357 e. The largest absolute Gasteiger partial charge is 0.464 e. The van der Waals surface area contributed by atoms with E-state index < -0.39 is 0 Å². The van der Waals surface area contributed by atoms with Gasteiger partial charge in [-0.25, -0.2) is 9.78 Å². The second-order valence-corrected chi connectivity index (χ2v) is 8.05. The van der Waals surface area contributed by atoms with Gasteiger partial charge >= 0.3 is 5.97 Å². The monoisotopic (exact) mass is 359 g/mol. The maximum absolute atomic E-state index is 11.8. The van der Waals surface area contributed by atoms with Crippen LogP contribution in [0.15, 0.2) is 0 Å². The van der Waals surface area contributed by atoms with Crippen LogP contribution in [0.2, 0.25) is 0 Å². The average molecular weight is 360 g/mol. The van der Waals surface area contributed by atoms with E-state index in [1.54, 1.807) is 11.3 Å². The van der Waals surface area contributed by atoms with Gasteiger partial charge in [0.05, 0.1) is 13.2 Å². The van der Waals surface area contributed by atoms with Crippen LogP contribution in [0.25, 0.3) is 0 Å². The van der Waals surface area contributed by atoms with Crippen molar-refractivity contribution in [2.45, 2.75) is 39.2 Å². The Balaban J connectivity index is 0.00000192. The van der Waals surface area contributed by atoms with Crippen LogP contribution in [-0.2, 0) is 4.74 Å². The highest BCUT2D eigenvalue weighted by Crippen LogP contribution is 2.38. The molecule has 1 N–H and O–H groups in total. The molecule has 3 heterocycles. The zero-order valence-corrected chi connectivity index (χ0v) is 15.7. The van der Waals surface area contributed by atoms with E-state index in [1.807, 2.05) is 6.92 Å². The Bertz CT molecular complexity index is 558. The molecule has 1 aromatic rings. The van der Waals surface area contributed by atoms with E-state index in [0.717, 1.165) is 42.5 Å². The minimum absolute atomic E-state index is 0. The maximum Gasteiger partial charge on any atom is 0.357 e. The van der Waals surface area contributed by atoms with Crippen LogP contribution < -0.4 is 5.32 Å². The van der Waals surface area contributed by atoms with Crippen molar-refractivity contribution in [1.82, 2.24) is 15.2 Å². The lowest BCUT2D eigenvalue weighted by Gasteiger charge is -2.32. The third-order valence-electron chi connectivity index (χ3n) is 4.88. The summed E-state index contributed by atoms with van der Waals surface area (Å²) in [6.45, 7) is 8.78. The molecule has 23 heavy (non-hydrogen) atoms. The predicted octanol–water partition coefficient (Wildman–Crippen LogP) is 2.80. The van der Waals surface area contributed by atoms with Crippen molar-refractivity contribution in [2.75, 3.05) is 33.3 Å². The summed E-state index contributed by atoms with van der Waals surface area (Å²) in [5.74, 6) is -0.323. The number of ether oxygens (including phenoxy) is 1. The first-order chi connectivity index (χ1) is 10.5. The van der Waals surface area contributed by atoms with E-state index in [4.69, 9.17) is 4.74 Å². The van der Waals surface area contributed by atoms with Crippen molar-refractivity contribution in [3.8, 4) is 0 Å². The number of carbonyl (C=O) groups excluding carboxylic acids is 1. The molecule has 130 valence electrons. The quantitative estimate of drug-likeness (QED) is 0.838. The van der Waals surface area contributed by atoms with Gasteiger partial charge in [0.1, 0.15) is 5.01 Å². The lowest BCUT2D eigenvalue weighted by atomic mass is 9.89. The van der Waals surface area contributed by atoms with Crippen molar-refractivity contribution < 1.29 is 9.53 Å². The number of nitrogens with zero attached hydrogens (tertiary/aromatic N) is 2. The van der Waals surface area contributed by atoms with Crippen LogP contribution in [0.5, 0.6) is 0 Å². The number of halogens is 1. The van der Waals surface area contributed by atoms with Crippen molar-refractivity contribution in [2.24, 2.45) is 5.41 Å². The van der Waals surface area contributed by atoms with Gasteiger partial charge in [0.15, 0.2) is 5.69 Å². The van der Waals surface area contributed by atoms with E-state index in [2.05, 4.69) is 22.1 Å². The normalized spacial score (nSPS) is 27.9. The Labute approximate surface area is 148 Å². The number of aromatic nitrogens is 1. The van der Waals surface area contributed by atoms with Gasteiger partial charge in [-0.15, -0.1) is 23.7 Å². The Kier molecular flexibility index (Phi) is 6.05. The Hall–Kier alpha value is -0.690. The van der Waals surface area contributed by atoms with Gasteiger partial charge in [-0.3, -0.25) is 4.90 Å². The van der Waals surface area contributed by atoms with Crippen LogP contribution >= 0.6 is 23.7 Å². The number of thiazole rings is 1. The maximum atomic E-state index is 11.8. The number of methoxy groups -OCH3 is 1. The number of esters is 1. The molecule has 0 aliphatic carbocycles. The molecule has 0 bridgehead atoms. The molecule has 2 fully saturated rings. The fourth-order valence-corrected chi connectivity index (χ4v) is 4.71. The molecular weight excluding hydrogens is 334 g/mol. The average Bonchev–Trinajstić information content (AvgIpc) is 3.19. The highest BCUT2D eigenvalue weighted by atomic mass is 35.5. The molecule has 7 heteroatoms. The molecule has 0 spiro atoms. The number of hydrogen-bond acceptors (Lipinski definition) is 6. The Morgan fingerprint density at radius 1 is 1.57 bits per heavy atom. The van der Waals surface area contributed by atoms with Gasteiger partial charge in [0, 0.05) is 18.0 Å². The first-order valence-corrected chi connectivity index (χ1v) is 8.84. The number of hydrogen-bond donors (Lipinski definition) is 1. The van der Waals surface area contributed by atoms with Crippen LogP contribution in [0.3, 0.4) is 0 Å². The van der Waals surface area contributed by atoms with E-state index in [1.165, 1.54) is 20.0 Å². The topological polar surface area (TPSA) is 54.5 Å². The number of likely N-dealkylation sites (tertiary alicyclic amines) is 1. The fourth-order valence-electron chi connectivity index (χ4n) is 3.63. The molecule has 5 nitrogen and oxygen atoms in total. The van der Waals surface area contributed by atoms with Gasteiger partial charge < -0.3 is 10.1 Å². The highest BCUT2D eigenvalue weighted by Gasteiger charge is 2.37. The van der Waals surface area contributed by atoms with Crippen LogP contribution in [-0.4, -0.2) is 49.1 Å². The third-order valence-corrected chi connectivity index (χ3v) is 5.95. The molecule has 0 aromatic carbocycles. The van der Waals surface area contributed by atoms with Gasteiger partial charge in [0.2, 0.25) is 0 Å². The molecule has 0 saturated carbocycles. The summed E-state index contributed by atoms with van der Waals surface area (Å²) in [7, 11) is 1.41. The number of nitrogens with one attached hydrogen (secondary N) is 1. The summed E-state index contributed by atoms with van der Waals surface area (Å²) in [6, 6.07) is 0.361. The second-order valence-electron chi connectivity index (χ2n) is 6.81. The minimum atomic E-state index is -0.323. The third kappa shape index (κ3) is 3.87. The van der Waals surface area contributed by atoms with E-state index in [0.29, 0.717) is 17.2 Å². The zero-order valence-electron chi connectivity index (χ0n) is 14.1. The van der Waals surface area contributed by atoms with Crippen molar-refractivity contribution in [3.63, 3.8) is 0 Å². The Morgan fingerprint density at radius 2 is 2.35 bits per heavy atom. The predicted molar refractivity (Wildman–Crippen MR) is 94.6 cm³/mol. The molecule has 2 atom stereocenters. The summed E-state index contributed by atoms with van der Waals surface area (Å²) in [4.78, 5) is 19.9. The minimum Gasteiger partial charge on any atom is -0.464 e. The summed E-state index contributed by atoms with van der Waals surface area (Å²) < 4.78 is 4.83. The first kappa shape index (κ1) is 18.6. The van der Waals surface area contributed by atoms with Crippen LogP contribution in [0.4, 0.5) is 0 Å². The summed E-state index contributed by atoms with van der Waals surface area (Å²) in [5, 5.41) is 4.55. The molecule has 2 aliphatic heterocycles. The van der Waals surface area contributed by atoms with Crippen molar-refractivity contribution >= 4 is 29.7 Å². The second kappa shape index (κ2) is 7.47. The molecule has 2 aliphatic rings. The Morgan fingerprint density at radius 3 is 3.00 bits per heavy atom. The van der Waals surface area contributed by atoms with Gasteiger partial charge in [-0.05, 0) is 44.7 Å². The standard InChI is InChI=1S/C16H25N3O2S.ClH/c1-11-13(15(20)21-3)18-14(22-11)12-5-4-8-19(12)10-16(2)6-7-17-9-16;/h12,17H,4-10H2,1-3H3;1H. The van der Waals surface area contributed by atoms with Crippen LogP contribution in [0.1, 0.15) is 52.6 Å². The number of rotatable bonds is 4. The molecule has 3 rings (SSSR count). The first-order valence-electron chi connectivity index (χ1n) is 8.03. The van der Waals surface area contributed by atoms with Crippen LogP contribution in [0, 0.1) is 12.3 Å². The molecule has 1 aromatic heterocycles. The number of carbonyl (C=O) groups is 1. The van der Waals surface area contributed by atoms with Crippen molar-refractivity contribution in [1.29, 1.82) is 0 Å². The summed E-state index contributed by atoms with van der Waals surface area (Å²) in [5.41, 5.74) is 0.850. The lowest BCUT2D eigenvalue weighted by molar-refractivity contribution is 0.0593. The summed E-state index contributed by atoms with van der Waals surface area (Å²) in [6.07, 6.45) is 3.58. The van der Waals surface area contributed by atoms with E-state index >= 15 is 0 Å². The van der Waals surface area contributed by atoms with E-state index in [9.17, 15) is 4.79 Å². The summed E-state index contributed by atoms with van der Waals surface area (Å²) >= 11 is 1.65. The number of aryl methyl sites for hydroxylation is 1. The fraction of sp³-hybridized carbons (Fsp3) is 0.750. The molecule has 2 unspecified atom stereocenters. The zero-order chi connectivity index (χ0) is 15.7. The van der Waals surface area contributed by atoms with Crippen molar-refractivity contribution in [3.05, 3.63) is 15.6 Å².